The Kier molecular flexibility index (Phi) is 5.77. The fraction of sp³-hybridized carbons (Fsp3) is 0.105. The van der Waals surface area contributed by atoms with E-state index < -0.39 is 4.92 Å². The Bertz CT molecular complexity index is 977. The van der Waals surface area contributed by atoms with Crippen molar-refractivity contribution in [3.63, 3.8) is 0 Å². The summed E-state index contributed by atoms with van der Waals surface area (Å²) in [6, 6.07) is 17.3. The van der Waals surface area contributed by atoms with E-state index in [1.807, 2.05) is 31.2 Å². The van der Waals surface area contributed by atoms with E-state index in [2.05, 4.69) is 15.5 Å². The van der Waals surface area contributed by atoms with Crippen molar-refractivity contribution in [1.29, 1.82) is 0 Å². The molecule has 1 heterocycles. The summed E-state index contributed by atoms with van der Waals surface area (Å²) in [5.74, 6) is 0.0776. The standard InChI is InChI=1S/C19H16N4O3S/c1-13-4-2-6-15(10-13)20-18(24)12-27-19-9-8-17(21-22-19)14-5-3-7-16(11-14)23(25)26/h2-11H,12H2,1H3,(H,20,24). The Morgan fingerprint density at radius 1 is 1.11 bits per heavy atom. The highest BCUT2D eigenvalue weighted by atomic mass is 32.2. The van der Waals surface area contributed by atoms with Gasteiger partial charge in [0, 0.05) is 23.4 Å². The highest BCUT2D eigenvalue weighted by Gasteiger charge is 2.09. The fourth-order valence-electron chi connectivity index (χ4n) is 2.39. The molecular weight excluding hydrogens is 364 g/mol. The van der Waals surface area contributed by atoms with Gasteiger partial charge in [0.25, 0.3) is 5.69 Å². The average molecular weight is 380 g/mol. The molecule has 1 aromatic heterocycles. The predicted octanol–water partition coefficient (Wildman–Crippen LogP) is 4.09. The highest BCUT2D eigenvalue weighted by molar-refractivity contribution is 7.99. The van der Waals surface area contributed by atoms with Gasteiger partial charge in [0.2, 0.25) is 5.91 Å². The molecule has 3 aromatic rings. The Morgan fingerprint density at radius 2 is 1.93 bits per heavy atom. The monoisotopic (exact) mass is 380 g/mol. The van der Waals surface area contributed by atoms with E-state index in [-0.39, 0.29) is 17.3 Å². The summed E-state index contributed by atoms with van der Waals surface area (Å²) in [7, 11) is 0. The van der Waals surface area contributed by atoms with Gasteiger partial charge in [-0.1, -0.05) is 36.0 Å². The first-order chi connectivity index (χ1) is 13.0. The lowest BCUT2D eigenvalue weighted by Crippen LogP contribution is -2.14. The lowest BCUT2D eigenvalue weighted by atomic mass is 10.1. The van der Waals surface area contributed by atoms with Crippen molar-refractivity contribution in [2.45, 2.75) is 11.9 Å². The Labute approximate surface area is 160 Å². The van der Waals surface area contributed by atoms with Crippen LogP contribution in [-0.2, 0) is 4.79 Å². The molecule has 7 nitrogen and oxygen atoms in total. The van der Waals surface area contributed by atoms with Gasteiger partial charge in [0.1, 0.15) is 5.03 Å². The van der Waals surface area contributed by atoms with Crippen molar-refractivity contribution < 1.29 is 9.72 Å². The van der Waals surface area contributed by atoms with Crippen LogP contribution in [0.1, 0.15) is 5.56 Å². The predicted molar refractivity (Wildman–Crippen MR) is 105 cm³/mol. The second-order valence-corrected chi connectivity index (χ2v) is 6.77. The minimum Gasteiger partial charge on any atom is -0.325 e. The highest BCUT2D eigenvalue weighted by Crippen LogP contribution is 2.23. The number of hydrogen-bond acceptors (Lipinski definition) is 6. The molecule has 0 spiro atoms. The molecule has 3 rings (SSSR count). The van der Waals surface area contributed by atoms with Crippen LogP contribution in [0.5, 0.6) is 0 Å². The van der Waals surface area contributed by atoms with Crippen LogP contribution in [0.4, 0.5) is 11.4 Å². The molecule has 0 unspecified atom stereocenters. The molecule has 1 amide bonds. The van der Waals surface area contributed by atoms with Crippen LogP contribution >= 0.6 is 11.8 Å². The van der Waals surface area contributed by atoms with Crippen LogP contribution in [0, 0.1) is 17.0 Å². The van der Waals surface area contributed by atoms with Gasteiger partial charge in [0.05, 0.1) is 16.4 Å². The van der Waals surface area contributed by atoms with Gasteiger partial charge in [-0.05, 0) is 36.8 Å². The van der Waals surface area contributed by atoms with Gasteiger partial charge in [0.15, 0.2) is 0 Å². The van der Waals surface area contributed by atoms with E-state index in [1.54, 1.807) is 24.3 Å². The van der Waals surface area contributed by atoms with Gasteiger partial charge in [-0.25, -0.2) is 0 Å². The summed E-state index contributed by atoms with van der Waals surface area (Å²) in [6.45, 7) is 1.96. The van der Waals surface area contributed by atoms with Gasteiger partial charge < -0.3 is 5.32 Å². The number of nitrogens with one attached hydrogen (secondary N) is 1. The average Bonchev–Trinajstić information content (AvgIpc) is 2.67. The molecule has 0 bridgehead atoms. The zero-order valence-electron chi connectivity index (χ0n) is 14.5. The first-order valence-corrected chi connectivity index (χ1v) is 9.08. The molecule has 0 saturated carbocycles. The molecule has 0 aliphatic heterocycles. The third kappa shape index (κ3) is 5.11. The Balaban J connectivity index is 1.60. The Morgan fingerprint density at radius 3 is 2.63 bits per heavy atom. The number of benzene rings is 2. The number of amides is 1. The smallest absolute Gasteiger partial charge is 0.270 e. The van der Waals surface area contributed by atoms with E-state index in [0.29, 0.717) is 16.3 Å². The van der Waals surface area contributed by atoms with Gasteiger partial charge in [-0.15, -0.1) is 10.2 Å². The van der Waals surface area contributed by atoms with Crippen molar-refractivity contribution >= 4 is 29.0 Å². The van der Waals surface area contributed by atoms with Crippen LogP contribution in [0.2, 0.25) is 0 Å². The SMILES string of the molecule is Cc1cccc(NC(=O)CSc2ccc(-c3cccc([N+](=O)[O-])c3)nn2)c1. The zero-order valence-corrected chi connectivity index (χ0v) is 15.3. The molecule has 0 fully saturated rings. The maximum atomic E-state index is 12.0. The number of hydrogen-bond donors (Lipinski definition) is 1. The van der Waals surface area contributed by atoms with Crippen LogP contribution in [0.15, 0.2) is 65.7 Å². The maximum absolute atomic E-state index is 12.0. The molecule has 0 aliphatic rings. The summed E-state index contributed by atoms with van der Waals surface area (Å²) in [5.41, 5.74) is 2.98. The van der Waals surface area contributed by atoms with E-state index in [9.17, 15) is 14.9 Å². The van der Waals surface area contributed by atoms with Crippen LogP contribution in [0.3, 0.4) is 0 Å². The van der Waals surface area contributed by atoms with E-state index in [1.165, 1.54) is 23.9 Å². The number of aromatic nitrogens is 2. The summed E-state index contributed by atoms with van der Waals surface area (Å²) in [5, 5.41) is 22.5. The molecule has 136 valence electrons. The molecular formula is C19H16N4O3S. The number of thioether (sulfide) groups is 1. The fourth-order valence-corrected chi connectivity index (χ4v) is 3.00. The molecule has 8 heteroatoms. The minimum atomic E-state index is -0.450. The number of nitro benzene ring substituents is 1. The number of anilines is 1. The van der Waals surface area contributed by atoms with E-state index in [4.69, 9.17) is 0 Å². The van der Waals surface area contributed by atoms with Crippen LogP contribution in [0.25, 0.3) is 11.3 Å². The minimum absolute atomic E-state index is 0.000529. The number of nitrogens with zero attached hydrogens (tertiary/aromatic N) is 3. The van der Waals surface area contributed by atoms with Crippen molar-refractivity contribution in [2.75, 3.05) is 11.1 Å². The number of carbonyl (C=O) groups excluding carboxylic acids is 1. The second-order valence-electron chi connectivity index (χ2n) is 5.77. The number of carbonyl (C=O) groups is 1. The quantitative estimate of drug-likeness (QED) is 0.393. The first kappa shape index (κ1) is 18.5. The molecule has 0 radical (unpaired) electrons. The number of non-ortho nitro benzene ring substituents is 1. The van der Waals surface area contributed by atoms with Crippen molar-refractivity contribution in [2.24, 2.45) is 0 Å². The molecule has 0 aliphatic carbocycles. The Hall–Kier alpha value is -3.26. The topological polar surface area (TPSA) is 98.0 Å². The molecule has 0 atom stereocenters. The van der Waals surface area contributed by atoms with Crippen LogP contribution in [-0.4, -0.2) is 26.8 Å². The lowest BCUT2D eigenvalue weighted by Gasteiger charge is -2.06. The third-order valence-electron chi connectivity index (χ3n) is 3.65. The molecule has 2 aromatic carbocycles. The second kappa shape index (κ2) is 8.41. The molecule has 1 N–H and O–H groups in total. The van der Waals surface area contributed by atoms with Crippen molar-refractivity contribution in [3.05, 3.63) is 76.3 Å². The largest absolute Gasteiger partial charge is 0.325 e. The summed E-state index contributed by atoms with van der Waals surface area (Å²) in [4.78, 5) is 22.5. The van der Waals surface area contributed by atoms with Crippen molar-refractivity contribution in [1.82, 2.24) is 10.2 Å². The lowest BCUT2D eigenvalue weighted by molar-refractivity contribution is -0.384. The molecule has 27 heavy (non-hydrogen) atoms. The van der Waals surface area contributed by atoms with Crippen LogP contribution < -0.4 is 5.32 Å². The zero-order chi connectivity index (χ0) is 19.2. The summed E-state index contributed by atoms with van der Waals surface area (Å²) >= 11 is 1.27. The van der Waals surface area contributed by atoms with Gasteiger partial charge in [-0.2, -0.15) is 0 Å². The summed E-state index contributed by atoms with van der Waals surface area (Å²) in [6.07, 6.45) is 0. The molecule has 0 saturated heterocycles. The summed E-state index contributed by atoms with van der Waals surface area (Å²) < 4.78 is 0. The normalized spacial score (nSPS) is 10.4. The van der Waals surface area contributed by atoms with Gasteiger partial charge >= 0.3 is 0 Å². The number of nitro groups is 1. The maximum Gasteiger partial charge on any atom is 0.270 e. The van der Waals surface area contributed by atoms with E-state index >= 15 is 0 Å². The first-order valence-electron chi connectivity index (χ1n) is 8.09. The number of aryl methyl sites for hydroxylation is 1. The third-order valence-corrected chi connectivity index (χ3v) is 4.57. The van der Waals surface area contributed by atoms with E-state index in [0.717, 1.165) is 11.3 Å². The van der Waals surface area contributed by atoms with Crippen molar-refractivity contribution in [3.8, 4) is 11.3 Å². The number of rotatable bonds is 6. The van der Waals surface area contributed by atoms with Gasteiger partial charge in [-0.3, -0.25) is 14.9 Å².